The zero-order chi connectivity index (χ0) is 9.90. The molecule has 0 aliphatic heterocycles. The predicted molar refractivity (Wildman–Crippen MR) is 68.4 cm³/mol. The minimum absolute atomic E-state index is 0.490. The highest BCUT2D eigenvalue weighted by atomic mass is 127. The molecule has 0 unspecified atom stereocenters. The number of rotatable bonds is 3. The summed E-state index contributed by atoms with van der Waals surface area (Å²) in [6.07, 6.45) is 9.12. The molecule has 13 heavy (non-hydrogen) atoms. The highest BCUT2D eigenvalue weighted by Crippen LogP contribution is 2.36. The van der Waals surface area contributed by atoms with Gasteiger partial charge < -0.3 is 0 Å². The van der Waals surface area contributed by atoms with Crippen molar-refractivity contribution in [2.24, 2.45) is 11.8 Å². The molecule has 1 aliphatic carbocycles. The summed E-state index contributed by atoms with van der Waals surface area (Å²) in [7, 11) is 0. The maximum atomic E-state index is 3.88. The maximum Gasteiger partial charge on any atom is 0.0168 e. The Morgan fingerprint density at radius 2 is 1.85 bits per heavy atom. The van der Waals surface area contributed by atoms with Gasteiger partial charge in [-0.1, -0.05) is 42.5 Å². The molecule has 76 valence electrons. The van der Waals surface area contributed by atoms with Crippen LogP contribution in [-0.2, 0) is 0 Å². The van der Waals surface area contributed by atoms with Gasteiger partial charge in [-0.15, -0.1) is 6.58 Å². The summed E-state index contributed by atoms with van der Waals surface area (Å²) in [5.41, 5.74) is 0. The average molecular weight is 292 g/mol. The molecular formula is C12H21I. The lowest BCUT2D eigenvalue weighted by molar-refractivity contribution is 0.284. The second-order valence-corrected chi connectivity index (χ2v) is 7.86. The van der Waals surface area contributed by atoms with Crippen molar-refractivity contribution in [2.75, 3.05) is 0 Å². The van der Waals surface area contributed by atoms with Crippen LogP contribution in [0.25, 0.3) is 0 Å². The standard InChI is InChI=1S/C12H21I/c1-4-10-5-7-11(8-6-10)9-12(2,3)13/h4,10-11H,1,5-9H2,2-3H3. The van der Waals surface area contributed by atoms with Gasteiger partial charge in [-0.05, 0) is 43.9 Å². The number of hydrogen-bond donors (Lipinski definition) is 0. The van der Waals surface area contributed by atoms with Crippen LogP contribution in [0.15, 0.2) is 12.7 Å². The number of halogens is 1. The van der Waals surface area contributed by atoms with Crippen molar-refractivity contribution in [1.82, 2.24) is 0 Å². The quantitative estimate of drug-likeness (QED) is 0.406. The van der Waals surface area contributed by atoms with E-state index < -0.39 is 0 Å². The zero-order valence-electron chi connectivity index (χ0n) is 8.85. The molecule has 0 aromatic carbocycles. The van der Waals surface area contributed by atoms with Crippen LogP contribution < -0.4 is 0 Å². The third kappa shape index (κ3) is 4.48. The van der Waals surface area contributed by atoms with E-state index in [1.54, 1.807) is 0 Å². The smallest absolute Gasteiger partial charge is 0.0168 e. The molecule has 1 rings (SSSR count). The largest absolute Gasteiger partial charge is 0.103 e. The lowest BCUT2D eigenvalue weighted by Gasteiger charge is -2.30. The number of hydrogen-bond acceptors (Lipinski definition) is 0. The lowest BCUT2D eigenvalue weighted by atomic mass is 9.78. The van der Waals surface area contributed by atoms with E-state index in [4.69, 9.17) is 0 Å². The van der Waals surface area contributed by atoms with Crippen LogP contribution in [0.2, 0.25) is 0 Å². The molecule has 0 aromatic heterocycles. The van der Waals surface area contributed by atoms with Crippen LogP contribution in [0, 0.1) is 11.8 Å². The fourth-order valence-electron chi connectivity index (χ4n) is 2.31. The van der Waals surface area contributed by atoms with Crippen molar-refractivity contribution >= 4 is 22.6 Å². The van der Waals surface area contributed by atoms with Crippen molar-refractivity contribution < 1.29 is 0 Å². The van der Waals surface area contributed by atoms with Gasteiger partial charge in [0.1, 0.15) is 0 Å². The van der Waals surface area contributed by atoms with E-state index in [0.717, 1.165) is 11.8 Å². The highest BCUT2D eigenvalue weighted by molar-refractivity contribution is 14.1. The summed E-state index contributed by atoms with van der Waals surface area (Å²) in [5.74, 6) is 1.79. The molecule has 0 nitrogen and oxygen atoms in total. The van der Waals surface area contributed by atoms with Crippen LogP contribution in [0.1, 0.15) is 46.0 Å². The summed E-state index contributed by atoms with van der Waals surface area (Å²) < 4.78 is 0.490. The molecule has 0 spiro atoms. The average Bonchev–Trinajstić information content (AvgIpc) is 2.03. The van der Waals surface area contributed by atoms with Gasteiger partial charge >= 0.3 is 0 Å². The molecule has 0 heterocycles. The summed E-state index contributed by atoms with van der Waals surface area (Å²) in [6, 6.07) is 0. The topological polar surface area (TPSA) is 0 Å². The minimum atomic E-state index is 0.490. The van der Waals surface area contributed by atoms with Gasteiger partial charge in [0.2, 0.25) is 0 Å². The Hall–Kier alpha value is 0.470. The summed E-state index contributed by atoms with van der Waals surface area (Å²) >= 11 is 2.57. The Balaban J connectivity index is 2.29. The van der Waals surface area contributed by atoms with E-state index in [0.29, 0.717) is 3.42 Å². The Bertz CT molecular complexity index is 158. The molecule has 0 saturated heterocycles. The highest BCUT2D eigenvalue weighted by Gasteiger charge is 2.24. The Morgan fingerprint density at radius 1 is 1.31 bits per heavy atom. The van der Waals surface area contributed by atoms with Gasteiger partial charge in [0.15, 0.2) is 0 Å². The molecule has 1 heteroatoms. The van der Waals surface area contributed by atoms with E-state index in [1.165, 1.54) is 32.1 Å². The van der Waals surface area contributed by atoms with Crippen LogP contribution >= 0.6 is 22.6 Å². The van der Waals surface area contributed by atoms with Gasteiger partial charge in [0, 0.05) is 3.42 Å². The zero-order valence-corrected chi connectivity index (χ0v) is 11.0. The first-order valence-corrected chi connectivity index (χ1v) is 6.40. The molecule has 1 aliphatic rings. The van der Waals surface area contributed by atoms with Gasteiger partial charge in [0.25, 0.3) is 0 Å². The first-order valence-electron chi connectivity index (χ1n) is 5.33. The van der Waals surface area contributed by atoms with Gasteiger partial charge in [-0.2, -0.15) is 0 Å². The molecule has 0 amide bonds. The second-order valence-electron chi connectivity index (χ2n) is 4.94. The molecule has 1 fully saturated rings. The lowest BCUT2D eigenvalue weighted by Crippen LogP contribution is -2.20. The summed E-state index contributed by atoms with van der Waals surface area (Å²) in [5, 5.41) is 0. The first kappa shape index (κ1) is 11.5. The van der Waals surface area contributed by atoms with Crippen molar-refractivity contribution in [3.8, 4) is 0 Å². The predicted octanol–water partition coefficient (Wildman–Crippen LogP) is 4.58. The van der Waals surface area contributed by atoms with Crippen LogP contribution in [0.3, 0.4) is 0 Å². The number of allylic oxidation sites excluding steroid dienone is 1. The Morgan fingerprint density at radius 3 is 2.23 bits per heavy atom. The van der Waals surface area contributed by atoms with Crippen molar-refractivity contribution in [3.63, 3.8) is 0 Å². The molecule has 0 radical (unpaired) electrons. The molecular weight excluding hydrogens is 271 g/mol. The fourth-order valence-corrected chi connectivity index (χ4v) is 2.94. The molecule has 0 aromatic rings. The minimum Gasteiger partial charge on any atom is -0.103 e. The van der Waals surface area contributed by atoms with Crippen molar-refractivity contribution in [3.05, 3.63) is 12.7 Å². The van der Waals surface area contributed by atoms with Crippen molar-refractivity contribution in [2.45, 2.75) is 49.4 Å². The van der Waals surface area contributed by atoms with Crippen LogP contribution in [0.5, 0.6) is 0 Å². The van der Waals surface area contributed by atoms with E-state index in [1.807, 2.05) is 0 Å². The third-order valence-corrected chi connectivity index (χ3v) is 3.44. The van der Waals surface area contributed by atoms with E-state index in [2.05, 4.69) is 49.1 Å². The van der Waals surface area contributed by atoms with E-state index in [9.17, 15) is 0 Å². The van der Waals surface area contributed by atoms with Crippen molar-refractivity contribution in [1.29, 1.82) is 0 Å². The maximum absolute atomic E-state index is 3.88. The summed E-state index contributed by atoms with van der Waals surface area (Å²) in [6.45, 7) is 8.56. The van der Waals surface area contributed by atoms with Crippen LogP contribution in [-0.4, -0.2) is 3.42 Å². The SMILES string of the molecule is C=CC1CCC(CC(C)(C)I)CC1. The molecule has 0 N–H and O–H groups in total. The van der Waals surface area contributed by atoms with Gasteiger partial charge in [-0.25, -0.2) is 0 Å². The van der Waals surface area contributed by atoms with E-state index >= 15 is 0 Å². The van der Waals surface area contributed by atoms with Crippen LogP contribution in [0.4, 0.5) is 0 Å². The number of alkyl halides is 1. The van der Waals surface area contributed by atoms with Gasteiger partial charge in [-0.3, -0.25) is 0 Å². The molecule has 0 bridgehead atoms. The van der Waals surface area contributed by atoms with E-state index in [-0.39, 0.29) is 0 Å². The summed E-state index contributed by atoms with van der Waals surface area (Å²) in [4.78, 5) is 0. The third-order valence-electron chi connectivity index (χ3n) is 3.00. The molecule has 1 saturated carbocycles. The Labute approximate surface area is 96.3 Å². The van der Waals surface area contributed by atoms with Gasteiger partial charge in [0.05, 0.1) is 0 Å². The fraction of sp³-hybridized carbons (Fsp3) is 0.833. The normalized spacial score (nSPS) is 30.1. The monoisotopic (exact) mass is 292 g/mol. The first-order chi connectivity index (χ1) is 6.01. The second kappa shape index (κ2) is 4.81. The Kier molecular flexibility index (Phi) is 4.27. The molecule has 0 atom stereocenters.